The number of nitrogen functional groups attached to an aromatic ring is 1. The molecule has 2 heterocycles. The molecule has 0 unspecified atom stereocenters. The summed E-state index contributed by atoms with van der Waals surface area (Å²) in [6.45, 7) is 0. The van der Waals surface area contributed by atoms with Crippen molar-refractivity contribution in [2.75, 3.05) is 16.8 Å². The molecule has 11 heteroatoms. The van der Waals surface area contributed by atoms with Gasteiger partial charge in [0.2, 0.25) is 5.91 Å². The van der Waals surface area contributed by atoms with Crippen molar-refractivity contribution in [2.24, 2.45) is 0 Å². The lowest BCUT2D eigenvalue weighted by atomic mass is 10.0. The molecule has 1 aromatic carbocycles. The average Bonchev–Trinajstić information content (AvgIpc) is 3.25. The van der Waals surface area contributed by atoms with Gasteiger partial charge < -0.3 is 11.1 Å². The van der Waals surface area contributed by atoms with Crippen LogP contribution >= 0.6 is 23.1 Å². The highest BCUT2D eigenvalue weighted by Gasteiger charge is 2.30. The van der Waals surface area contributed by atoms with Crippen molar-refractivity contribution in [2.45, 2.75) is 11.2 Å². The largest absolute Gasteiger partial charge is 0.416 e. The van der Waals surface area contributed by atoms with Crippen molar-refractivity contribution in [3.05, 3.63) is 58.5 Å². The van der Waals surface area contributed by atoms with Gasteiger partial charge in [0.1, 0.15) is 28.5 Å². The number of amides is 1. The minimum Gasteiger partial charge on any atom is -0.383 e. The van der Waals surface area contributed by atoms with Crippen LogP contribution in [0.25, 0.3) is 10.4 Å². The predicted octanol–water partition coefficient (Wildman–Crippen LogP) is 4.89. The topological polar surface area (TPSA) is 116 Å². The van der Waals surface area contributed by atoms with E-state index in [1.54, 1.807) is 17.5 Å². The number of carbonyl (C=O) groups is 1. The van der Waals surface area contributed by atoms with Crippen LogP contribution in [0.2, 0.25) is 0 Å². The van der Waals surface area contributed by atoms with Crippen LogP contribution in [0.4, 0.5) is 24.7 Å². The number of thiophene rings is 1. The summed E-state index contributed by atoms with van der Waals surface area (Å²) in [4.78, 5) is 17.0. The summed E-state index contributed by atoms with van der Waals surface area (Å²) in [5.74, 6) is -0.894. The maximum atomic E-state index is 12.8. The second-order valence-electron chi connectivity index (χ2n) is 6.04. The van der Waals surface area contributed by atoms with E-state index >= 15 is 0 Å². The maximum absolute atomic E-state index is 12.8. The van der Waals surface area contributed by atoms with Crippen molar-refractivity contribution >= 4 is 40.5 Å². The number of nitrogens with zero attached hydrogens (tertiary/aromatic N) is 3. The Morgan fingerprint density at radius 1 is 1.19 bits per heavy atom. The molecule has 0 radical (unpaired) electrons. The van der Waals surface area contributed by atoms with E-state index in [0.717, 1.165) is 23.9 Å². The zero-order chi connectivity index (χ0) is 22.6. The van der Waals surface area contributed by atoms with Gasteiger partial charge in [0.15, 0.2) is 0 Å². The third-order valence-electron chi connectivity index (χ3n) is 4.00. The van der Waals surface area contributed by atoms with Crippen LogP contribution in [0.3, 0.4) is 0 Å². The van der Waals surface area contributed by atoms with Gasteiger partial charge in [-0.25, -0.2) is 4.98 Å². The molecule has 3 rings (SSSR count). The van der Waals surface area contributed by atoms with Crippen molar-refractivity contribution in [1.29, 1.82) is 10.5 Å². The quantitative estimate of drug-likeness (QED) is 0.525. The Balaban J connectivity index is 1.83. The van der Waals surface area contributed by atoms with Crippen LogP contribution in [0.1, 0.15) is 16.7 Å². The van der Waals surface area contributed by atoms with Crippen molar-refractivity contribution in [1.82, 2.24) is 4.98 Å². The molecule has 0 saturated carbocycles. The number of anilines is 2. The second-order valence-corrected chi connectivity index (χ2v) is 7.96. The lowest BCUT2D eigenvalue weighted by Crippen LogP contribution is -2.15. The van der Waals surface area contributed by atoms with E-state index in [4.69, 9.17) is 5.73 Å². The normalized spacial score (nSPS) is 10.9. The van der Waals surface area contributed by atoms with Crippen LogP contribution in [-0.4, -0.2) is 16.6 Å². The minimum atomic E-state index is -4.53. The molecule has 6 nitrogen and oxygen atoms in total. The first-order valence-corrected chi connectivity index (χ1v) is 10.4. The fraction of sp³-hybridized carbons (Fsp3) is 0.100. The number of nitriles is 2. The van der Waals surface area contributed by atoms with E-state index in [0.29, 0.717) is 10.4 Å². The number of alkyl halides is 3. The number of halogens is 3. The number of rotatable bonds is 5. The van der Waals surface area contributed by atoms with Gasteiger partial charge in [-0.05, 0) is 29.6 Å². The van der Waals surface area contributed by atoms with Crippen LogP contribution in [0.15, 0.2) is 46.8 Å². The van der Waals surface area contributed by atoms with Crippen molar-refractivity contribution < 1.29 is 18.0 Å². The monoisotopic (exact) mass is 459 g/mol. The summed E-state index contributed by atoms with van der Waals surface area (Å²) < 4.78 is 38.5. The van der Waals surface area contributed by atoms with Gasteiger partial charge in [0.05, 0.1) is 16.9 Å². The highest BCUT2D eigenvalue weighted by molar-refractivity contribution is 8.00. The molecule has 0 bridgehead atoms. The van der Waals surface area contributed by atoms with E-state index in [1.165, 1.54) is 23.5 Å². The molecule has 3 aromatic rings. The molecule has 156 valence electrons. The highest BCUT2D eigenvalue weighted by Crippen LogP contribution is 2.37. The Morgan fingerprint density at radius 2 is 1.94 bits per heavy atom. The Bertz CT molecular complexity index is 1210. The molecular formula is C20H12F3N5OS2. The molecule has 0 aliphatic carbocycles. The smallest absolute Gasteiger partial charge is 0.383 e. The first-order chi connectivity index (χ1) is 14.7. The molecule has 0 atom stereocenters. The molecular weight excluding hydrogens is 447 g/mol. The van der Waals surface area contributed by atoms with Crippen LogP contribution in [0, 0.1) is 22.7 Å². The number of nitrogens with two attached hydrogens (primary N) is 1. The summed E-state index contributed by atoms with van der Waals surface area (Å²) in [5.41, 5.74) is 5.51. The number of aromatic nitrogens is 1. The SMILES string of the molecule is N#Cc1c(N)nc(SCC(=O)Nc2cccc(C(F)(F)F)c2)c(C#N)c1-c1cccs1. The number of carbonyl (C=O) groups excluding carboxylic acids is 1. The Kier molecular flexibility index (Phi) is 6.49. The lowest BCUT2D eigenvalue weighted by Gasteiger charge is -2.12. The highest BCUT2D eigenvalue weighted by atomic mass is 32.2. The average molecular weight is 459 g/mol. The summed E-state index contributed by atoms with van der Waals surface area (Å²) in [6.07, 6.45) is -4.53. The van der Waals surface area contributed by atoms with Gasteiger partial charge in [0.25, 0.3) is 0 Å². The predicted molar refractivity (Wildman–Crippen MR) is 112 cm³/mol. The number of thioether (sulfide) groups is 1. The molecule has 0 aliphatic rings. The van der Waals surface area contributed by atoms with Gasteiger partial charge in [-0.1, -0.05) is 23.9 Å². The van der Waals surface area contributed by atoms with Gasteiger partial charge in [0, 0.05) is 16.1 Å². The van der Waals surface area contributed by atoms with E-state index in [2.05, 4.69) is 10.3 Å². The maximum Gasteiger partial charge on any atom is 0.416 e. The fourth-order valence-corrected chi connectivity index (χ4v) is 4.25. The summed E-state index contributed by atoms with van der Waals surface area (Å²) in [7, 11) is 0. The molecule has 0 spiro atoms. The van der Waals surface area contributed by atoms with E-state index in [1.807, 2.05) is 12.1 Å². The molecule has 0 aliphatic heterocycles. The summed E-state index contributed by atoms with van der Waals surface area (Å²) in [6, 6.07) is 11.7. The van der Waals surface area contributed by atoms with Crippen molar-refractivity contribution in [3.8, 4) is 22.6 Å². The fourth-order valence-electron chi connectivity index (χ4n) is 2.67. The molecule has 3 N–H and O–H groups in total. The summed E-state index contributed by atoms with van der Waals surface area (Å²) >= 11 is 2.22. The molecule has 0 saturated heterocycles. The second kappa shape index (κ2) is 9.08. The van der Waals surface area contributed by atoms with Gasteiger partial charge >= 0.3 is 6.18 Å². The number of nitrogens with one attached hydrogen (secondary N) is 1. The first kappa shape index (κ1) is 22.2. The Hall–Kier alpha value is -3.54. The number of hydrogen-bond donors (Lipinski definition) is 2. The molecule has 0 fully saturated rings. The Labute approximate surface area is 183 Å². The standard InChI is InChI=1S/C20H12F3N5OS2/c21-20(22,23)11-3-1-4-12(7-11)27-16(29)10-31-19-14(9-25)17(15-5-2-6-30-15)13(8-24)18(26)28-19/h1-7H,10H2,(H2,26,28)(H,27,29). The number of hydrogen-bond acceptors (Lipinski definition) is 7. The van der Waals surface area contributed by atoms with Crippen LogP contribution in [-0.2, 0) is 11.0 Å². The summed E-state index contributed by atoms with van der Waals surface area (Å²) in [5, 5.41) is 23.4. The number of pyridine rings is 1. The third-order valence-corrected chi connectivity index (χ3v) is 5.86. The van der Waals surface area contributed by atoms with Gasteiger partial charge in [-0.2, -0.15) is 23.7 Å². The Morgan fingerprint density at radius 3 is 2.55 bits per heavy atom. The van der Waals surface area contributed by atoms with E-state index < -0.39 is 17.6 Å². The third kappa shape index (κ3) is 4.97. The molecule has 1 amide bonds. The molecule has 31 heavy (non-hydrogen) atoms. The zero-order valence-corrected chi connectivity index (χ0v) is 17.2. The van der Waals surface area contributed by atoms with E-state index in [9.17, 15) is 28.5 Å². The lowest BCUT2D eigenvalue weighted by molar-refractivity contribution is -0.137. The molecule has 2 aromatic heterocycles. The van der Waals surface area contributed by atoms with Crippen molar-refractivity contribution in [3.63, 3.8) is 0 Å². The number of benzene rings is 1. The van der Waals surface area contributed by atoms with Crippen LogP contribution in [0.5, 0.6) is 0 Å². The van der Waals surface area contributed by atoms with Gasteiger partial charge in [-0.15, -0.1) is 11.3 Å². The van der Waals surface area contributed by atoms with E-state index in [-0.39, 0.29) is 33.4 Å². The zero-order valence-electron chi connectivity index (χ0n) is 15.5. The van der Waals surface area contributed by atoms with Crippen LogP contribution < -0.4 is 11.1 Å². The minimum absolute atomic E-state index is 0.00694. The first-order valence-electron chi connectivity index (χ1n) is 8.52. The van der Waals surface area contributed by atoms with Gasteiger partial charge in [-0.3, -0.25) is 4.79 Å².